The van der Waals surface area contributed by atoms with Gasteiger partial charge in [0, 0.05) is 0 Å². The van der Waals surface area contributed by atoms with Gasteiger partial charge in [0.1, 0.15) is 18.0 Å². The third-order valence-electron chi connectivity index (χ3n) is 3.73. The molecule has 21 heavy (non-hydrogen) atoms. The number of benzene rings is 2. The van der Waals surface area contributed by atoms with E-state index in [1.807, 2.05) is 49.4 Å². The Morgan fingerprint density at radius 2 is 1.52 bits per heavy atom. The first-order chi connectivity index (χ1) is 10.1. The lowest BCUT2D eigenvalue weighted by Gasteiger charge is -2.23. The normalized spacial score (nSPS) is 14.0. The third kappa shape index (κ3) is 4.08. The summed E-state index contributed by atoms with van der Waals surface area (Å²) in [6, 6.07) is 17.8. The highest BCUT2D eigenvalue weighted by atomic mass is 16.5. The second kappa shape index (κ2) is 7.28. The number of aliphatic hydroxyl groups excluding tert-OH is 1. The minimum Gasteiger partial charge on any atom is -0.487 e. The molecule has 0 radical (unpaired) electrons. The second-order valence-electron chi connectivity index (χ2n) is 5.64. The van der Waals surface area contributed by atoms with Crippen LogP contribution in [0.4, 0.5) is 0 Å². The van der Waals surface area contributed by atoms with Gasteiger partial charge in [-0.15, -0.1) is 0 Å². The first-order valence-corrected chi connectivity index (χ1v) is 7.61. The van der Waals surface area contributed by atoms with Gasteiger partial charge >= 0.3 is 0 Å². The van der Waals surface area contributed by atoms with Gasteiger partial charge < -0.3 is 9.84 Å². The van der Waals surface area contributed by atoms with Gasteiger partial charge in [-0.2, -0.15) is 0 Å². The van der Waals surface area contributed by atoms with E-state index in [2.05, 4.69) is 26.0 Å². The fourth-order valence-electron chi connectivity index (χ4n) is 2.34. The van der Waals surface area contributed by atoms with Gasteiger partial charge in [0.05, 0.1) is 0 Å². The van der Waals surface area contributed by atoms with Crippen molar-refractivity contribution in [3.8, 4) is 5.75 Å². The van der Waals surface area contributed by atoms with Crippen LogP contribution in [-0.2, 0) is 0 Å². The van der Waals surface area contributed by atoms with Gasteiger partial charge in [-0.05, 0) is 35.6 Å². The lowest BCUT2D eigenvalue weighted by molar-refractivity contribution is 0.0332. The van der Waals surface area contributed by atoms with E-state index >= 15 is 0 Å². The Morgan fingerprint density at radius 1 is 0.905 bits per heavy atom. The Balaban J connectivity index is 2.08. The Bertz CT molecular complexity index is 531. The maximum Gasteiger partial charge on any atom is 0.128 e. The molecule has 2 aromatic rings. The fraction of sp³-hybridized carbons (Fsp3) is 0.368. The highest BCUT2D eigenvalue weighted by molar-refractivity contribution is 5.29. The average molecular weight is 284 g/mol. The first kappa shape index (κ1) is 15.6. The smallest absolute Gasteiger partial charge is 0.128 e. The van der Waals surface area contributed by atoms with E-state index in [4.69, 9.17) is 4.74 Å². The van der Waals surface area contributed by atoms with Crippen LogP contribution in [-0.4, -0.2) is 11.2 Å². The molecule has 0 saturated carbocycles. The second-order valence-corrected chi connectivity index (χ2v) is 5.64. The summed E-state index contributed by atoms with van der Waals surface area (Å²) in [5, 5.41) is 10.5. The predicted octanol–water partition coefficient (Wildman–Crippen LogP) is 4.70. The topological polar surface area (TPSA) is 29.5 Å². The highest BCUT2D eigenvalue weighted by Crippen LogP contribution is 2.25. The van der Waals surface area contributed by atoms with Crippen LogP contribution in [0.1, 0.15) is 50.3 Å². The summed E-state index contributed by atoms with van der Waals surface area (Å²) in [6.45, 7) is 6.37. The SMILES string of the molecule is CCC(Oc1ccc(C(C)C)cc1)C(O)c1ccccc1. The molecule has 0 fully saturated rings. The largest absolute Gasteiger partial charge is 0.487 e. The molecule has 2 heteroatoms. The number of ether oxygens (including phenoxy) is 1. The van der Waals surface area contributed by atoms with Gasteiger partial charge in [0.2, 0.25) is 0 Å². The summed E-state index contributed by atoms with van der Waals surface area (Å²) in [6.07, 6.45) is -0.0968. The number of aliphatic hydroxyl groups is 1. The van der Waals surface area contributed by atoms with E-state index < -0.39 is 6.10 Å². The molecular weight excluding hydrogens is 260 g/mol. The van der Waals surface area contributed by atoms with Crippen molar-refractivity contribution in [1.82, 2.24) is 0 Å². The average Bonchev–Trinajstić information content (AvgIpc) is 2.53. The zero-order valence-corrected chi connectivity index (χ0v) is 13.0. The van der Waals surface area contributed by atoms with Crippen LogP contribution in [0.25, 0.3) is 0 Å². The molecule has 0 bridgehead atoms. The molecule has 112 valence electrons. The van der Waals surface area contributed by atoms with Crippen molar-refractivity contribution in [2.45, 2.75) is 45.3 Å². The Kier molecular flexibility index (Phi) is 5.40. The lowest BCUT2D eigenvalue weighted by atomic mass is 10.0. The maximum atomic E-state index is 10.5. The third-order valence-corrected chi connectivity index (χ3v) is 3.73. The zero-order valence-electron chi connectivity index (χ0n) is 13.0. The molecule has 0 aliphatic carbocycles. The van der Waals surface area contributed by atoms with Crippen LogP contribution in [0.15, 0.2) is 54.6 Å². The van der Waals surface area contributed by atoms with Crippen molar-refractivity contribution in [3.63, 3.8) is 0 Å². The minimum absolute atomic E-state index is 0.239. The van der Waals surface area contributed by atoms with Crippen molar-refractivity contribution in [2.75, 3.05) is 0 Å². The van der Waals surface area contributed by atoms with Gasteiger partial charge in [0.25, 0.3) is 0 Å². The molecule has 0 saturated heterocycles. The number of rotatable bonds is 6. The van der Waals surface area contributed by atoms with Crippen molar-refractivity contribution < 1.29 is 9.84 Å². The fourth-order valence-corrected chi connectivity index (χ4v) is 2.34. The first-order valence-electron chi connectivity index (χ1n) is 7.61. The van der Waals surface area contributed by atoms with E-state index in [1.54, 1.807) is 0 Å². The summed E-state index contributed by atoms with van der Waals surface area (Å²) in [5.74, 6) is 1.32. The maximum absolute atomic E-state index is 10.5. The number of hydrogen-bond acceptors (Lipinski definition) is 2. The molecule has 0 spiro atoms. The summed E-state index contributed by atoms with van der Waals surface area (Å²) < 4.78 is 5.96. The molecule has 0 heterocycles. The van der Waals surface area contributed by atoms with E-state index in [1.165, 1.54) is 5.56 Å². The molecule has 2 aromatic carbocycles. The quantitative estimate of drug-likeness (QED) is 0.833. The van der Waals surface area contributed by atoms with Crippen molar-refractivity contribution in [1.29, 1.82) is 0 Å². The van der Waals surface area contributed by atoms with Crippen molar-refractivity contribution >= 4 is 0 Å². The molecule has 0 amide bonds. The van der Waals surface area contributed by atoms with Crippen LogP contribution in [0.3, 0.4) is 0 Å². The number of hydrogen-bond donors (Lipinski definition) is 1. The molecule has 2 nitrogen and oxygen atoms in total. The van der Waals surface area contributed by atoms with E-state index in [9.17, 15) is 5.11 Å². The van der Waals surface area contributed by atoms with Gasteiger partial charge in [-0.3, -0.25) is 0 Å². The molecule has 2 atom stereocenters. The van der Waals surface area contributed by atoms with Crippen molar-refractivity contribution in [3.05, 3.63) is 65.7 Å². The lowest BCUT2D eigenvalue weighted by Crippen LogP contribution is -2.24. The Labute approximate surface area is 127 Å². The van der Waals surface area contributed by atoms with E-state index in [0.717, 1.165) is 17.7 Å². The van der Waals surface area contributed by atoms with Crippen molar-refractivity contribution in [2.24, 2.45) is 0 Å². The summed E-state index contributed by atoms with van der Waals surface area (Å²) in [4.78, 5) is 0. The van der Waals surface area contributed by atoms with Crippen LogP contribution < -0.4 is 4.74 Å². The van der Waals surface area contributed by atoms with E-state index in [0.29, 0.717) is 5.92 Å². The molecule has 0 aliphatic rings. The molecule has 2 rings (SSSR count). The highest BCUT2D eigenvalue weighted by Gasteiger charge is 2.20. The van der Waals surface area contributed by atoms with E-state index in [-0.39, 0.29) is 6.10 Å². The summed E-state index contributed by atoms with van der Waals surface area (Å²) >= 11 is 0. The minimum atomic E-state index is -0.610. The standard InChI is InChI=1S/C19H24O2/c1-4-18(19(20)16-8-6-5-7-9-16)21-17-12-10-15(11-13-17)14(2)3/h5-14,18-20H,4H2,1-3H3. The summed E-state index contributed by atoms with van der Waals surface area (Å²) in [5.41, 5.74) is 2.18. The molecule has 0 aliphatic heterocycles. The zero-order chi connectivity index (χ0) is 15.2. The monoisotopic (exact) mass is 284 g/mol. The van der Waals surface area contributed by atoms with Crippen LogP contribution in [0.2, 0.25) is 0 Å². The molecular formula is C19H24O2. The Morgan fingerprint density at radius 3 is 2.05 bits per heavy atom. The van der Waals surface area contributed by atoms with Crippen LogP contribution >= 0.6 is 0 Å². The molecule has 0 aromatic heterocycles. The predicted molar refractivity (Wildman–Crippen MR) is 86.6 cm³/mol. The van der Waals surface area contributed by atoms with Crippen LogP contribution in [0, 0.1) is 0 Å². The van der Waals surface area contributed by atoms with Gasteiger partial charge in [-0.1, -0.05) is 63.2 Å². The molecule has 2 unspecified atom stereocenters. The van der Waals surface area contributed by atoms with Gasteiger partial charge in [0.15, 0.2) is 0 Å². The van der Waals surface area contributed by atoms with Crippen LogP contribution in [0.5, 0.6) is 5.75 Å². The summed E-state index contributed by atoms with van der Waals surface area (Å²) in [7, 11) is 0. The Hall–Kier alpha value is -1.80. The van der Waals surface area contributed by atoms with Gasteiger partial charge in [-0.25, -0.2) is 0 Å². The molecule has 1 N–H and O–H groups in total.